The van der Waals surface area contributed by atoms with Gasteiger partial charge in [-0.25, -0.2) is 0 Å². The molecule has 0 aliphatic carbocycles. The Morgan fingerprint density at radius 2 is 1.67 bits per heavy atom. The number of phenols is 1. The molecule has 0 saturated carbocycles. The minimum Gasteiger partial charge on any atom is -0.507 e. The molecule has 0 aromatic heterocycles. The second-order valence-corrected chi connectivity index (χ2v) is 9.16. The van der Waals surface area contributed by atoms with Gasteiger partial charge in [0.1, 0.15) is 23.3 Å². The van der Waals surface area contributed by atoms with Gasteiger partial charge in [0.2, 0.25) is 0 Å². The Balaban J connectivity index is 1.57. The fourth-order valence-corrected chi connectivity index (χ4v) is 4.99. The van der Waals surface area contributed by atoms with E-state index in [9.17, 15) is 5.11 Å². The molecule has 200 valence electrons. The van der Waals surface area contributed by atoms with E-state index in [1.165, 1.54) is 0 Å². The molecule has 0 radical (unpaired) electrons. The lowest BCUT2D eigenvalue weighted by atomic mass is 10.0. The number of thiocarbonyl (C=S) groups is 1. The van der Waals surface area contributed by atoms with Crippen molar-refractivity contribution < 1.29 is 24.1 Å². The van der Waals surface area contributed by atoms with Crippen molar-refractivity contribution in [3.63, 3.8) is 0 Å². The Kier molecular flexibility index (Phi) is 7.33. The quantitative estimate of drug-likeness (QED) is 0.248. The Morgan fingerprint density at radius 3 is 2.41 bits per heavy atom. The summed E-state index contributed by atoms with van der Waals surface area (Å²) >= 11 is 5.89. The normalized spacial score (nSPS) is 14.4. The number of hydrogen-bond donors (Lipinski definition) is 3. The topological polar surface area (TPSA) is 84.5 Å². The zero-order valence-electron chi connectivity index (χ0n) is 22.0. The van der Waals surface area contributed by atoms with E-state index in [1.54, 1.807) is 39.5 Å². The first-order chi connectivity index (χ1) is 19.0. The smallest absolute Gasteiger partial charge is 0.193 e. The number of phenolic OH excluding ortho intramolecular Hbond substituents is 1. The van der Waals surface area contributed by atoms with Crippen LogP contribution in [0.5, 0.6) is 28.7 Å². The summed E-state index contributed by atoms with van der Waals surface area (Å²) in [4.78, 5) is 0. The van der Waals surface area contributed by atoms with Crippen molar-refractivity contribution >= 4 is 39.5 Å². The molecule has 0 spiro atoms. The molecule has 3 N–H and O–H groups in total. The van der Waals surface area contributed by atoms with E-state index >= 15 is 0 Å². The van der Waals surface area contributed by atoms with E-state index in [0.29, 0.717) is 45.1 Å². The molecular formula is C30H29N3O5S. The third-order valence-electron chi connectivity index (χ3n) is 6.66. The van der Waals surface area contributed by atoms with Crippen LogP contribution in [0, 0.1) is 0 Å². The number of ether oxygens (including phenoxy) is 4. The van der Waals surface area contributed by atoms with Gasteiger partial charge in [-0.2, -0.15) is 0 Å². The van der Waals surface area contributed by atoms with E-state index < -0.39 is 6.04 Å². The molecule has 4 aromatic carbocycles. The minimum atomic E-state index is -0.403. The summed E-state index contributed by atoms with van der Waals surface area (Å²) in [5.74, 6) is 2.60. The first-order valence-electron chi connectivity index (χ1n) is 12.2. The van der Waals surface area contributed by atoms with E-state index in [0.717, 1.165) is 16.3 Å². The van der Waals surface area contributed by atoms with Gasteiger partial charge >= 0.3 is 0 Å². The molecule has 1 aliphatic heterocycles. The number of aromatic hydroxyl groups is 1. The van der Waals surface area contributed by atoms with E-state index in [2.05, 4.69) is 10.7 Å². The lowest BCUT2D eigenvalue weighted by Gasteiger charge is -2.29. The number of para-hydroxylation sites is 1. The summed E-state index contributed by atoms with van der Waals surface area (Å²) in [6.07, 6.45) is 2.00. The average molecular weight is 544 g/mol. The van der Waals surface area contributed by atoms with Crippen LogP contribution >= 0.6 is 12.2 Å². The number of nitrogens with one attached hydrogen (secondary N) is 2. The lowest BCUT2D eigenvalue weighted by Crippen LogP contribution is -2.42. The van der Waals surface area contributed by atoms with Crippen molar-refractivity contribution in [1.29, 1.82) is 0 Å². The van der Waals surface area contributed by atoms with Crippen molar-refractivity contribution in [2.24, 2.45) is 0 Å². The van der Waals surface area contributed by atoms with Gasteiger partial charge in [0, 0.05) is 22.6 Å². The van der Waals surface area contributed by atoms with Crippen LogP contribution in [0.1, 0.15) is 17.2 Å². The minimum absolute atomic E-state index is 0.181. The highest BCUT2D eigenvalue weighted by Crippen LogP contribution is 2.43. The number of fused-ring (bicyclic) bond motifs is 1. The Bertz CT molecular complexity index is 1570. The summed E-state index contributed by atoms with van der Waals surface area (Å²) in [6.45, 7) is 0. The molecule has 0 fully saturated rings. The predicted octanol–water partition coefficient (Wildman–Crippen LogP) is 5.88. The summed E-state index contributed by atoms with van der Waals surface area (Å²) in [5.41, 5.74) is 6.23. The number of nitrogens with zero attached hydrogens (tertiary/aromatic N) is 1. The summed E-state index contributed by atoms with van der Waals surface area (Å²) in [5, 5.41) is 18.4. The fraction of sp³-hybridized carbons (Fsp3) is 0.167. The number of benzene rings is 4. The van der Waals surface area contributed by atoms with Gasteiger partial charge in [0.25, 0.3) is 0 Å². The monoisotopic (exact) mass is 543 g/mol. The maximum absolute atomic E-state index is 11.2. The summed E-state index contributed by atoms with van der Waals surface area (Å²) < 4.78 is 22.2. The maximum Gasteiger partial charge on any atom is 0.193 e. The molecule has 9 heteroatoms. The van der Waals surface area contributed by atoms with Crippen molar-refractivity contribution in [1.82, 2.24) is 10.4 Å². The SMILES string of the molecule is COc1ccc(NC(=S)N2NC(c3ccc4ccccc4c3O)=CC2c2cccc(OC)c2OC)c(OC)c1. The highest BCUT2D eigenvalue weighted by Gasteiger charge is 2.33. The summed E-state index contributed by atoms with van der Waals surface area (Å²) in [7, 11) is 6.39. The Morgan fingerprint density at radius 1 is 0.872 bits per heavy atom. The van der Waals surface area contributed by atoms with Crippen molar-refractivity contribution in [2.75, 3.05) is 33.8 Å². The second-order valence-electron chi connectivity index (χ2n) is 8.77. The molecule has 4 aromatic rings. The highest BCUT2D eigenvalue weighted by atomic mass is 32.1. The maximum atomic E-state index is 11.2. The van der Waals surface area contributed by atoms with Crippen LogP contribution in [0.2, 0.25) is 0 Å². The van der Waals surface area contributed by atoms with Crippen LogP contribution in [0.3, 0.4) is 0 Å². The number of anilines is 1. The van der Waals surface area contributed by atoms with Gasteiger partial charge < -0.3 is 29.4 Å². The molecule has 1 atom stereocenters. The van der Waals surface area contributed by atoms with Crippen LogP contribution in [0.4, 0.5) is 5.69 Å². The van der Waals surface area contributed by atoms with Gasteiger partial charge in [-0.05, 0) is 47.9 Å². The van der Waals surface area contributed by atoms with Gasteiger partial charge in [-0.15, -0.1) is 0 Å². The Hall–Kier alpha value is -4.63. The van der Waals surface area contributed by atoms with Gasteiger partial charge in [0.05, 0.1) is 39.8 Å². The molecule has 0 amide bonds. The van der Waals surface area contributed by atoms with Crippen LogP contribution in [0.25, 0.3) is 16.5 Å². The van der Waals surface area contributed by atoms with Gasteiger partial charge in [-0.3, -0.25) is 10.4 Å². The van der Waals surface area contributed by atoms with Crippen molar-refractivity contribution in [3.8, 4) is 28.7 Å². The third kappa shape index (κ3) is 4.84. The predicted molar refractivity (Wildman–Crippen MR) is 157 cm³/mol. The van der Waals surface area contributed by atoms with Crippen LogP contribution in [-0.4, -0.2) is 43.7 Å². The number of rotatable bonds is 7. The van der Waals surface area contributed by atoms with Crippen LogP contribution in [-0.2, 0) is 0 Å². The van der Waals surface area contributed by atoms with E-state index in [4.69, 9.17) is 31.2 Å². The molecule has 5 rings (SSSR count). The summed E-state index contributed by atoms with van der Waals surface area (Å²) in [6, 6.07) is 22.3. The number of hydrazine groups is 1. The van der Waals surface area contributed by atoms with E-state index in [-0.39, 0.29) is 5.75 Å². The zero-order valence-corrected chi connectivity index (χ0v) is 22.8. The van der Waals surface area contributed by atoms with Crippen molar-refractivity contribution in [2.45, 2.75) is 6.04 Å². The van der Waals surface area contributed by atoms with Gasteiger partial charge in [0.15, 0.2) is 16.6 Å². The molecule has 1 aliphatic rings. The molecular weight excluding hydrogens is 514 g/mol. The lowest BCUT2D eigenvalue weighted by molar-refractivity contribution is 0.319. The molecule has 1 unspecified atom stereocenters. The standard InChI is InChI=1S/C30H29N3O5S/c1-35-19-13-15-23(27(16-19)37-3)31-30(39)33-25(22-10-7-11-26(36-2)29(22)38-4)17-24(32-33)21-14-12-18-8-5-6-9-20(18)28(21)34/h5-17,25,32,34H,1-4H3,(H,31,39). The first kappa shape index (κ1) is 26.0. The third-order valence-corrected chi connectivity index (χ3v) is 6.95. The number of methoxy groups -OCH3 is 4. The Labute approximate surface area is 232 Å². The number of hydrogen-bond acceptors (Lipinski definition) is 7. The molecule has 0 saturated heterocycles. The largest absolute Gasteiger partial charge is 0.507 e. The fourth-order valence-electron chi connectivity index (χ4n) is 4.72. The van der Waals surface area contributed by atoms with Crippen LogP contribution < -0.4 is 29.7 Å². The van der Waals surface area contributed by atoms with E-state index in [1.807, 2.05) is 72.8 Å². The second kappa shape index (κ2) is 11.0. The zero-order chi connectivity index (χ0) is 27.5. The molecule has 0 bridgehead atoms. The van der Waals surface area contributed by atoms with Crippen LogP contribution in [0.15, 0.2) is 78.9 Å². The average Bonchev–Trinajstić information content (AvgIpc) is 3.42. The first-order valence-corrected chi connectivity index (χ1v) is 12.6. The molecule has 1 heterocycles. The van der Waals surface area contributed by atoms with Gasteiger partial charge in [-0.1, -0.05) is 42.5 Å². The molecule has 39 heavy (non-hydrogen) atoms. The van der Waals surface area contributed by atoms with Crippen molar-refractivity contribution in [3.05, 3.63) is 90.0 Å². The highest BCUT2D eigenvalue weighted by molar-refractivity contribution is 7.80. The molecule has 8 nitrogen and oxygen atoms in total.